The van der Waals surface area contributed by atoms with Gasteiger partial charge in [0, 0.05) is 6.61 Å². The molecule has 4 nitrogen and oxygen atoms in total. The smallest absolute Gasteiger partial charge is 0.343 e. The first-order chi connectivity index (χ1) is 18.1. The molecule has 0 saturated carbocycles. The van der Waals surface area contributed by atoms with Gasteiger partial charge in [-0.2, -0.15) is 0 Å². The van der Waals surface area contributed by atoms with E-state index in [2.05, 4.69) is 26.0 Å². The third-order valence-electron chi connectivity index (χ3n) is 6.46. The van der Waals surface area contributed by atoms with Gasteiger partial charge < -0.3 is 14.2 Å². The first-order valence-corrected chi connectivity index (χ1v) is 13.9. The van der Waals surface area contributed by atoms with Crippen molar-refractivity contribution in [3.63, 3.8) is 0 Å². The van der Waals surface area contributed by atoms with E-state index in [1.165, 1.54) is 38.5 Å². The number of carbonyl (C=O) groups is 1. The quantitative estimate of drug-likeness (QED) is 0.111. The van der Waals surface area contributed by atoms with Crippen molar-refractivity contribution in [1.29, 1.82) is 0 Å². The zero-order chi connectivity index (χ0) is 26.3. The molecule has 0 aromatic heterocycles. The zero-order valence-electron chi connectivity index (χ0n) is 22.7. The Hall–Kier alpha value is -3.11. The van der Waals surface area contributed by atoms with Crippen LogP contribution in [0.4, 0.5) is 0 Å². The van der Waals surface area contributed by atoms with E-state index in [1.807, 2.05) is 55.5 Å². The van der Waals surface area contributed by atoms with Gasteiger partial charge in [-0.05, 0) is 72.9 Å². The van der Waals surface area contributed by atoms with Crippen LogP contribution in [0, 0.1) is 0 Å². The second-order valence-corrected chi connectivity index (χ2v) is 9.54. The number of rotatable bonds is 16. The fourth-order valence-corrected chi connectivity index (χ4v) is 4.16. The van der Waals surface area contributed by atoms with Crippen LogP contribution >= 0.6 is 0 Å². The molecule has 0 radical (unpaired) electrons. The predicted molar refractivity (Wildman–Crippen MR) is 151 cm³/mol. The van der Waals surface area contributed by atoms with Crippen LogP contribution < -0.4 is 9.47 Å². The van der Waals surface area contributed by atoms with Crippen molar-refractivity contribution in [2.75, 3.05) is 13.2 Å². The highest BCUT2D eigenvalue weighted by Gasteiger charge is 2.11. The lowest BCUT2D eigenvalue weighted by Crippen LogP contribution is -2.09. The summed E-state index contributed by atoms with van der Waals surface area (Å²) in [7, 11) is 0. The first-order valence-electron chi connectivity index (χ1n) is 13.9. The van der Waals surface area contributed by atoms with Crippen LogP contribution in [-0.2, 0) is 4.74 Å². The second kappa shape index (κ2) is 15.9. The molecule has 0 aliphatic carbocycles. The summed E-state index contributed by atoms with van der Waals surface area (Å²) in [6.07, 6.45) is 9.94. The van der Waals surface area contributed by atoms with Crippen LogP contribution in [0.2, 0.25) is 0 Å². The number of hydrogen-bond donors (Lipinski definition) is 0. The largest absolute Gasteiger partial charge is 0.494 e. The molecule has 0 amide bonds. The van der Waals surface area contributed by atoms with Gasteiger partial charge in [0.15, 0.2) is 0 Å². The molecule has 0 bridgehead atoms. The highest BCUT2D eigenvalue weighted by molar-refractivity contribution is 5.91. The third-order valence-corrected chi connectivity index (χ3v) is 6.46. The highest BCUT2D eigenvalue weighted by atomic mass is 16.5. The molecule has 0 unspecified atom stereocenters. The molecule has 0 N–H and O–H groups in total. The summed E-state index contributed by atoms with van der Waals surface area (Å²) in [5.41, 5.74) is 3.71. The van der Waals surface area contributed by atoms with Gasteiger partial charge in [-0.25, -0.2) is 4.79 Å². The molecule has 0 fully saturated rings. The van der Waals surface area contributed by atoms with E-state index in [1.54, 1.807) is 12.1 Å². The van der Waals surface area contributed by atoms with Gasteiger partial charge >= 0.3 is 5.97 Å². The minimum absolute atomic E-state index is 0.00305. The molecular formula is C33H42O4. The average molecular weight is 503 g/mol. The van der Waals surface area contributed by atoms with E-state index in [0.717, 1.165) is 48.5 Å². The Balaban J connectivity index is 1.45. The molecule has 3 rings (SSSR count). The lowest BCUT2D eigenvalue weighted by Gasteiger charge is -2.13. The molecule has 0 aliphatic heterocycles. The average Bonchev–Trinajstić information content (AvgIpc) is 2.94. The summed E-state index contributed by atoms with van der Waals surface area (Å²) in [6, 6.07) is 23.2. The minimum Gasteiger partial charge on any atom is -0.494 e. The maximum Gasteiger partial charge on any atom is 0.343 e. The molecule has 0 spiro atoms. The molecule has 37 heavy (non-hydrogen) atoms. The predicted octanol–water partition coefficient (Wildman–Crippen LogP) is 9.19. The van der Waals surface area contributed by atoms with Crippen LogP contribution in [0.5, 0.6) is 11.5 Å². The maximum atomic E-state index is 12.6. The maximum absolute atomic E-state index is 12.6. The zero-order valence-corrected chi connectivity index (χ0v) is 22.7. The second-order valence-electron chi connectivity index (χ2n) is 9.54. The van der Waals surface area contributed by atoms with Gasteiger partial charge in [-0.15, -0.1) is 0 Å². The Bertz CT molecular complexity index is 1040. The Morgan fingerprint density at radius 3 is 1.81 bits per heavy atom. The van der Waals surface area contributed by atoms with Crippen molar-refractivity contribution >= 4 is 5.97 Å². The minimum atomic E-state index is -0.371. The van der Waals surface area contributed by atoms with Gasteiger partial charge in [0.2, 0.25) is 0 Å². The van der Waals surface area contributed by atoms with Crippen molar-refractivity contribution < 1.29 is 19.0 Å². The van der Waals surface area contributed by atoms with Crippen molar-refractivity contribution in [3.05, 3.63) is 83.9 Å². The standard InChI is InChI=1S/C33H42O4/c1-4-6-7-8-9-10-11-25-36-31-20-16-28(17-21-31)29-18-22-32(23-19-29)37-33(34)30-14-12-27(13-15-30)26(3)35-24-5-2/h12-23,26H,4-11,24-25H2,1-3H3/t26-/m1/s1. The fourth-order valence-electron chi connectivity index (χ4n) is 4.16. The Kier molecular flexibility index (Phi) is 12.2. The Labute approximate surface area is 223 Å². The van der Waals surface area contributed by atoms with E-state index in [0.29, 0.717) is 11.3 Å². The third kappa shape index (κ3) is 9.70. The van der Waals surface area contributed by atoms with Gasteiger partial charge in [0.05, 0.1) is 18.3 Å². The molecule has 0 heterocycles. The molecule has 0 saturated heterocycles. The summed E-state index contributed by atoms with van der Waals surface area (Å²) < 4.78 is 17.2. The highest BCUT2D eigenvalue weighted by Crippen LogP contribution is 2.25. The lowest BCUT2D eigenvalue weighted by atomic mass is 10.1. The number of benzene rings is 3. The van der Waals surface area contributed by atoms with Crippen LogP contribution in [-0.4, -0.2) is 19.2 Å². The number of ether oxygens (including phenoxy) is 3. The van der Waals surface area contributed by atoms with E-state index >= 15 is 0 Å². The van der Waals surface area contributed by atoms with Crippen LogP contribution in [0.1, 0.15) is 94.2 Å². The molecular weight excluding hydrogens is 460 g/mol. The van der Waals surface area contributed by atoms with E-state index < -0.39 is 0 Å². The van der Waals surface area contributed by atoms with Crippen molar-refractivity contribution in [2.45, 2.75) is 78.2 Å². The molecule has 4 heteroatoms. The first kappa shape index (κ1) is 28.5. The summed E-state index contributed by atoms with van der Waals surface area (Å²) in [4.78, 5) is 12.6. The summed E-state index contributed by atoms with van der Waals surface area (Å²) in [6.45, 7) is 7.84. The van der Waals surface area contributed by atoms with E-state index in [9.17, 15) is 4.79 Å². The summed E-state index contributed by atoms with van der Waals surface area (Å²) >= 11 is 0. The molecule has 198 valence electrons. The van der Waals surface area contributed by atoms with E-state index in [4.69, 9.17) is 14.2 Å². The molecule has 3 aromatic rings. The van der Waals surface area contributed by atoms with Gasteiger partial charge in [-0.3, -0.25) is 0 Å². The van der Waals surface area contributed by atoms with Gasteiger partial charge in [0.25, 0.3) is 0 Å². The van der Waals surface area contributed by atoms with Crippen molar-refractivity contribution in [1.82, 2.24) is 0 Å². The number of unbranched alkanes of at least 4 members (excludes halogenated alkanes) is 6. The van der Waals surface area contributed by atoms with Crippen molar-refractivity contribution in [2.24, 2.45) is 0 Å². The summed E-state index contributed by atoms with van der Waals surface area (Å²) in [5.74, 6) is 1.05. The van der Waals surface area contributed by atoms with Crippen molar-refractivity contribution in [3.8, 4) is 22.6 Å². The topological polar surface area (TPSA) is 44.8 Å². The normalized spacial score (nSPS) is 11.8. The molecule has 0 aliphatic rings. The fraction of sp³-hybridized carbons (Fsp3) is 0.424. The van der Waals surface area contributed by atoms with Gasteiger partial charge in [-0.1, -0.05) is 88.8 Å². The molecule has 3 aromatic carbocycles. The van der Waals surface area contributed by atoms with E-state index in [-0.39, 0.29) is 12.1 Å². The lowest BCUT2D eigenvalue weighted by molar-refractivity contribution is 0.0660. The van der Waals surface area contributed by atoms with Crippen LogP contribution in [0.15, 0.2) is 72.8 Å². The SMILES string of the molecule is CCCCCCCCCOc1ccc(-c2ccc(OC(=O)c3ccc([C@@H](C)OCCC)cc3)cc2)cc1. The molecule has 1 atom stereocenters. The monoisotopic (exact) mass is 502 g/mol. The Morgan fingerprint density at radius 2 is 1.22 bits per heavy atom. The number of hydrogen-bond acceptors (Lipinski definition) is 4. The van der Waals surface area contributed by atoms with Crippen LogP contribution in [0.25, 0.3) is 11.1 Å². The summed E-state index contributed by atoms with van der Waals surface area (Å²) in [5, 5.41) is 0. The Morgan fingerprint density at radius 1 is 0.649 bits per heavy atom. The number of carbonyl (C=O) groups excluding carboxylic acids is 1. The van der Waals surface area contributed by atoms with Crippen LogP contribution in [0.3, 0.4) is 0 Å². The van der Waals surface area contributed by atoms with Gasteiger partial charge in [0.1, 0.15) is 11.5 Å². The number of esters is 1.